The molecule has 0 unspecified atom stereocenters. The predicted octanol–water partition coefficient (Wildman–Crippen LogP) is 5.55. The van der Waals surface area contributed by atoms with Gasteiger partial charge in [0, 0.05) is 24.9 Å². The van der Waals surface area contributed by atoms with Crippen LogP contribution in [0.3, 0.4) is 0 Å². The molecule has 0 fully saturated rings. The molecule has 2 rings (SSSR count). The van der Waals surface area contributed by atoms with Gasteiger partial charge in [0.15, 0.2) is 0 Å². The Morgan fingerprint density at radius 1 is 1.33 bits per heavy atom. The molecule has 0 aliphatic carbocycles. The molecule has 0 atom stereocenters. The van der Waals surface area contributed by atoms with Gasteiger partial charge in [-0.3, -0.25) is 0 Å². The van der Waals surface area contributed by atoms with Crippen molar-refractivity contribution in [1.82, 2.24) is 9.55 Å². The summed E-state index contributed by atoms with van der Waals surface area (Å²) in [5, 5.41) is 0. The molecule has 0 saturated heterocycles. The predicted molar refractivity (Wildman–Crippen MR) is 90.5 cm³/mol. The van der Waals surface area contributed by atoms with E-state index in [4.69, 9.17) is 11.6 Å². The highest BCUT2D eigenvalue weighted by atomic mass is 79.9. The second-order valence-electron chi connectivity index (χ2n) is 5.76. The van der Waals surface area contributed by atoms with Crippen molar-refractivity contribution >= 4 is 38.6 Å². The molecule has 116 valence electrons. The van der Waals surface area contributed by atoms with Crippen LogP contribution in [-0.2, 0) is 13.0 Å². The first-order valence-corrected chi connectivity index (χ1v) is 8.75. The fourth-order valence-corrected chi connectivity index (χ4v) is 3.02. The van der Waals surface area contributed by atoms with Crippen LogP contribution in [-0.4, -0.2) is 15.4 Å². The molecule has 0 amide bonds. The number of halogens is 3. The molecule has 1 heterocycles. The van der Waals surface area contributed by atoms with Crippen molar-refractivity contribution in [2.45, 2.75) is 46.1 Å². The maximum atomic E-state index is 13.8. The molecular formula is C16H21BrClFN2. The number of nitrogens with zero attached hydrogens (tertiary/aromatic N) is 2. The molecule has 21 heavy (non-hydrogen) atoms. The molecule has 0 saturated carbocycles. The standard InChI is InChI=1S/C16H21BrClFN2/c1-11(2)5-3-4-8-21-15-10-13(19)12(17)9-14(15)20-16(21)6-7-18/h9-11H,3-8H2,1-2H3. The Kier molecular flexibility index (Phi) is 6.06. The lowest BCUT2D eigenvalue weighted by Gasteiger charge is -2.09. The van der Waals surface area contributed by atoms with Crippen LogP contribution in [0.25, 0.3) is 11.0 Å². The quantitative estimate of drug-likeness (QED) is 0.458. The average Bonchev–Trinajstić information content (AvgIpc) is 2.73. The fourth-order valence-electron chi connectivity index (χ4n) is 2.52. The number of aryl methyl sites for hydroxylation is 2. The highest BCUT2D eigenvalue weighted by Crippen LogP contribution is 2.25. The van der Waals surface area contributed by atoms with Gasteiger partial charge in [0.05, 0.1) is 15.5 Å². The second kappa shape index (κ2) is 7.59. The molecule has 5 heteroatoms. The summed E-state index contributed by atoms with van der Waals surface area (Å²) < 4.78 is 16.4. The first kappa shape index (κ1) is 16.8. The van der Waals surface area contributed by atoms with Gasteiger partial charge >= 0.3 is 0 Å². The molecule has 2 aromatic rings. The van der Waals surface area contributed by atoms with Gasteiger partial charge in [0.25, 0.3) is 0 Å². The van der Waals surface area contributed by atoms with Crippen molar-refractivity contribution in [2.75, 3.05) is 5.88 Å². The smallest absolute Gasteiger partial charge is 0.139 e. The SMILES string of the molecule is CC(C)CCCCn1c(CCCl)nc2cc(Br)c(F)cc21. The van der Waals surface area contributed by atoms with Crippen LogP contribution < -0.4 is 0 Å². The van der Waals surface area contributed by atoms with E-state index in [2.05, 4.69) is 39.3 Å². The molecule has 0 aliphatic heterocycles. The number of benzene rings is 1. The van der Waals surface area contributed by atoms with Gasteiger partial charge < -0.3 is 4.57 Å². The van der Waals surface area contributed by atoms with Gasteiger partial charge in [-0.05, 0) is 34.3 Å². The van der Waals surface area contributed by atoms with Crippen LogP contribution in [0.15, 0.2) is 16.6 Å². The minimum atomic E-state index is -0.247. The van der Waals surface area contributed by atoms with Crippen LogP contribution in [0.1, 0.15) is 38.9 Å². The number of unbranched alkanes of at least 4 members (excludes halogenated alkanes) is 1. The monoisotopic (exact) mass is 374 g/mol. The fraction of sp³-hybridized carbons (Fsp3) is 0.562. The topological polar surface area (TPSA) is 17.8 Å². The molecule has 0 aliphatic rings. The van der Waals surface area contributed by atoms with Crippen molar-refractivity contribution in [3.05, 3.63) is 28.2 Å². The van der Waals surface area contributed by atoms with Gasteiger partial charge in [-0.15, -0.1) is 11.6 Å². The lowest BCUT2D eigenvalue weighted by atomic mass is 10.1. The normalized spacial score (nSPS) is 11.7. The molecule has 0 radical (unpaired) electrons. The first-order chi connectivity index (χ1) is 10.0. The lowest BCUT2D eigenvalue weighted by Crippen LogP contribution is -2.05. The maximum Gasteiger partial charge on any atom is 0.139 e. The third-order valence-electron chi connectivity index (χ3n) is 3.60. The third kappa shape index (κ3) is 4.19. The Balaban J connectivity index is 2.25. The second-order valence-corrected chi connectivity index (χ2v) is 7.00. The summed E-state index contributed by atoms with van der Waals surface area (Å²) in [6.45, 7) is 5.34. The summed E-state index contributed by atoms with van der Waals surface area (Å²) in [6, 6.07) is 3.31. The summed E-state index contributed by atoms with van der Waals surface area (Å²) in [4.78, 5) is 4.60. The zero-order chi connectivity index (χ0) is 15.4. The number of rotatable bonds is 7. The number of aromatic nitrogens is 2. The molecule has 1 aromatic heterocycles. The van der Waals surface area contributed by atoms with Crippen molar-refractivity contribution in [3.8, 4) is 0 Å². The van der Waals surface area contributed by atoms with Crippen molar-refractivity contribution < 1.29 is 4.39 Å². The summed E-state index contributed by atoms with van der Waals surface area (Å²) in [6.07, 6.45) is 4.18. The Bertz CT molecular complexity index is 610. The van der Waals surface area contributed by atoms with Crippen LogP contribution in [0.2, 0.25) is 0 Å². The zero-order valence-electron chi connectivity index (χ0n) is 12.5. The average molecular weight is 376 g/mol. The Labute approximate surface area is 138 Å². The number of alkyl halides is 1. The van der Waals surface area contributed by atoms with Gasteiger partial charge in [-0.2, -0.15) is 0 Å². The van der Waals surface area contributed by atoms with E-state index in [9.17, 15) is 4.39 Å². The van der Waals surface area contributed by atoms with Crippen LogP contribution in [0.4, 0.5) is 4.39 Å². The molecule has 0 spiro atoms. The Morgan fingerprint density at radius 2 is 2.10 bits per heavy atom. The summed E-state index contributed by atoms with van der Waals surface area (Å²) in [5.74, 6) is 1.95. The van der Waals surface area contributed by atoms with Gasteiger partial charge in [-0.1, -0.05) is 26.7 Å². The van der Waals surface area contributed by atoms with Gasteiger partial charge in [0.2, 0.25) is 0 Å². The minimum absolute atomic E-state index is 0.247. The van der Waals surface area contributed by atoms with E-state index in [0.29, 0.717) is 16.8 Å². The van der Waals surface area contributed by atoms with Crippen molar-refractivity contribution in [3.63, 3.8) is 0 Å². The van der Waals surface area contributed by atoms with E-state index in [1.54, 1.807) is 12.1 Å². The van der Waals surface area contributed by atoms with Gasteiger partial charge in [-0.25, -0.2) is 9.37 Å². The van der Waals surface area contributed by atoms with E-state index < -0.39 is 0 Å². The lowest BCUT2D eigenvalue weighted by molar-refractivity contribution is 0.507. The highest BCUT2D eigenvalue weighted by molar-refractivity contribution is 9.10. The third-order valence-corrected chi connectivity index (χ3v) is 4.40. The van der Waals surface area contributed by atoms with Crippen LogP contribution in [0.5, 0.6) is 0 Å². The zero-order valence-corrected chi connectivity index (χ0v) is 14.8. The van der Waals surface area contributed by atoms with E-state index in [0.717, 1.165) is 35.7 Å². The number of hydrogen-bond acceptors (Lipinski definition) is 1. The van der Waals surface area contributed by atoms with E-state index >= 15 is 0 Å². The first-order valence-electron chi connectivity index (χ1n) is 7.43. The van der Waals surface area contributed by atoms with Crippen molar-refractivity contribution in [2.24, 2.45) is 5.92 Å². The minimum Gasteiger partial charge on any atom is -0.328 e. The summed E-state index contributed by atoms with van der Waals surface area (Å²) in [5.41, 5.74) is 1.69. The van der Waals surface area contributed by atoms with Crippen molar-refractivity contribution in [1.29, 1.82) is 0 Å². The molecule has 1 aromatic carbocycles. The number of imidazole rings is 1. The Morgan fingerprint density at radius 3 is 2.76 bits per heavy atom. The van der Waals surface area contributed by atoms with E-state index in [-0.39, 0.29) is 5.82 Å². The van der Waals surface area contributed by atoms with Crippen LogP contribution >= 0.6 is 27.5 Å². The Hall–Kier alpha value is -0.610. The highest BCUT2D eigenvalue weighted by Gasteiger charge is 2.13. The van der Waals surface area contributed by atoms with Gasteiger partial charge in [0.1, 0.15) is 11.6 Å². The number of hydrogen-bond donors (Lipinski definition) is 0. The molecule has 2 nitrogen and oxygen atoms in total. The molecule has 0 N–H and O–H groups in total. The van der Waals surface area contributed by atoms with Crippen LogP contribution in [0, 0.1) is 11.7 Å². The summed E-state index contributed by atoms with van der Waals surface area (Å²) >= 11 is 9.08. The maximum absolute atomic E-state index is 13.8. The molecular weight excluding hydrogens is 355 g/mol. The van der Waals surface area contributed by atoms with E-state index in [1.807, 2.05) is 0 Å². The largest absolute Gasteiger partial charge is 0.328 e. The molecule has 0 bridgehead atoms. The number of fused-ring (bicyclic) bond motifs is 1. The van der Waals surface area contributed by atoms with E-state index in [1.165, 1.54) is 12.8 Å². The summed E-state index contributed by atoms with van der Waals surface area (Å²) in [7, 11) is 0.